The zero-order valence-electron chi connectivity index (χ0n) is 18.9. The first-order valence-electron chi connectivity index (χ1n) is 11.5. The minimum atomic E-state index is -0.373. The number of carbonyl (C=O) groups excluding carboxylic acids is 2. The number of carbonyl (C=O) groups is 2. The van der Waals surface area contributed by atoms with Crippen molar-refractivity contribution < 1.29 is 18.7 Å². The highest BCUT2D eigenvalue weighted by Gasteiger charge is 2.44. The molecule has 1 atom stereocenters. The molecule has 2 heterocycles. The minimum absolute atomic E-state index is 0.0793. The molecule has 0 saturated carbocycles. The summed E-state index contributed by atoms with van der Waals surface area (Å²) < 4.78 is 19.7. The number of hydrogen-bond acceptors (Lipinski definition) is 3. The first kappa shape index (κ1) is 22.3. The highest BCUT2D eigenvalue weighted by molar-refractivity contribution is 5.94. The highest BCUT2D eigenvalue weighted by atomic mass is 19.1. The lowest BCUT2D eigenvalue weighted by Gasteiger charge is -2.47. The van der Waals surface area contributed by atoms with Gasteiger partial charge >= 0.3 is 0 Å². The molecule has 0 radical (unpaired) electrons. The number of amides is 2. The Hall–Kier alpha value is -2.89. The van der Waals surface area contributed by atoms with Gasteiger partial charge in [-0.1, -0.05) is 18.2 Å². The molecule has 0 unspecified atom stereocenters. The lowest BCUT2D eigenvalue weighted by atomic mass is 9.76. The number of para-hydroxylation sites is 1. The molecule has 1 saturated heterocycles. The van der Waals surface area contributed by atoms with E-state index < -0.39 is 0 Å². The van der Waals surface area contributed by atoms with Crippen LogP contribution in [0.4, 0.5) is 4.39 Å². The van der Waals surface area contributed by atoms with Gasteiger partial charge in [0.05, 0.1) is 0 Å². The van der Waals surface area contributed by atoms with Gasteiger partial charge in [-0.15, -0.1) is 0 Å². The summed E-state index contributed by atoms with van der Waals surface area (Å²) in [5.41, 5.74) is 1.23. The lowest BCUT2D eigenvalue weighted by molar-refractivity contribution is -0.131. The monoisotopic (exact) mass is 438 g/mol. The zero-order chi connectivity index (χ0) is 22.7. The van der Waals surface area contributed by atoms with E-state index >= 15 is 0 Å². The second kappa shape index (κ2) is 9.31. The molecule has 32 heavy (non-hydrogen) atoms. The average Bonchev–Trinajstić information content (AvgIpc) is 2.80. The predicted octanol–water partition coefficient (Wildman–Crippen LogP) is 4.63. The van der Waals surface area contributed by atoms with Gasteiger partial charge in [0.2, 0.25) is 5.91 Å². The molecule has 2 aliphatic rings. The van der Waals surface area contributed by atoms with Crippen LogP contribution in [0.1, 0.15) is 61.4 Å². The van der Waals surface area contributed by atoms with Crippen molar-refractivity contribution in [1.29, 1.82) is 0 Å². The standard InChI is InChI=1S/C26H31FN2O3/c1-3-28(4-2)24(30)17-20-18-26(32-23-8-6-5-7-22(20)23)13-15-29(16-14-26)25(31)19-9-11-21(27)12-10-19/h5-12,20H,3-4,13-18H2,1-2H3/t20-/m0/s1. The molecule has 2 amide bonds. The summed E-state index contributed by atoms with van der Waals surface area (Å²) in [6.07, 6.45) is 2.67. The van der Waals surface area contributed by atoms with Gasteiger partial charge in [-0.05, 0) is 56.2 Å². The lowest BCUT2D eigenvalue weighted by Crippen LogP contribution is -2.52. The molecule has 170 valence electrons. The molecule has 0 aromatic heterocycles. The molecule has 0 aliphatic carbocycles. The number of hydrogen-bond donors (Lipinski definition) is 0. The van der Waals surface area contributed by atoms with E-state index in [4.69, 9.17) is 4.74 Å². The van der Waals surface area contributed by atoms with Crippen LogP contribution in [0.25, 0.3) is 0 Å². The van der Waals surface area contributed by atoms with Gasteiger partial charge in [0.1, 0.15) is 17.2 Å². The van der Waals surface area contributed by atoms with Crippen LogP contribution in [0.15, 0.2) is 48.5 Å². The van der Waals surface area contributed by atoms with E-state index in [-0.39, 0.29) is 29.2 Å². The SMILES string of the molecule is CCN(CC)C(=O)C[C@H]1CC2(CCN(C(=O)c3ccc(F)cc3)CC2)Oc2ccccc21. The summed E-state index contributed by atoms with van der Waals surface area (Å²) in [4.78, 5) is 29.4. The van der Waals surface area contributed by atoms with Gasteiger partial charge in [-0.25, -0.2) is 4.39 Å². The summed E-state index contributed by atoms with van der Waals surface area (Å²) in [7, 11) is 0. The van der Waals surface area contributed by atoms with Crippen LogP contribution >= 0.6 is 0 Å². The Morgan fingerprint density at radius 2 is 1.72 bits per heavy atom. The van der Waals surface area contributed by atoms with Crippen molar-refractivity contribution in [3.8, 4) is 5.75 Å². The van der Waals surface area contributed by atoms with Crippen LogP contribution in [0.2, 0.25) is 0 Å². The van der Waals surface area contributed by atoms with Crippen LogP contribution < -0.4 is 4.74 Å². The van der Waals surface area contributed by atoms with E-state index in [2.05, 4.69) is 6.07 Å². The fourth-order valence-electron chi connectivity index (χ4n) is 5.04. The molecule has 6 heteroatoms. The normalized spacial score (nSPS) is 19.2. The number of ether oxygens (including phenoxy) is 1. The number of piperidine rings is 1. The summed E-state index contributed by atoms with van der Waals surface area (Å²) in [5, 5.41) is 0. The van der Waals surface area contributed by atoms with Crippen LogP contribution in [0.5, 0.6) is 5.75 Å². The molecule has 0 N–H and O–H groups in total. The van der Waals surface area contributed by atoms with Gasteiger partial charge in [-0.3, -0.25) is 9.59 Å². The molecule has 4 rings (SSSR count). The summed E-state index contributed by atoms with van der Waals surface area (Å²) in [6.45, 7) is 6.60. The van der Waals surface area contributed by atoms with Crippen LogP contribution in [0, 0.1) is 5.82 Å². The first-order valence-corrected chi connectivity index (χ1v) is 11.5. The highest BCUT2D eigenvalue weighted by Crippen LogP contribution is 2.46. The third-order valence-corrected chi connectivity index (χ3v) is 6.89. The fraction of sp³-hybridized carbons (Fsp3) is 0.462. The van der Waals surface area contributed by atoms with Crippen LogP contribution in [-0.4, -0.2) is 53.4 Å². The van der Waals surface area contributed by atoms with Gasteiger partial charge in [0.15, 0.2) is 0 Å². The number of benzene rings is 2. The Balaban J connectivity index is 1.49. The smallest absolute Gasteiger partial charge is 0.253 e. The van der Waals surface area contributed by atoms with Gasteiger partial charge in [-0.2, -0.15) is 0 Å². The Morgan fingerprint density at radius 1 is 1.06 bits per heavy atom. The quantitative estimate of drug-likeness (QED) is 0.684. The van der Waals surface area contributed by atoms with Gasteiger partial charge in [0, 0.05) is 56.9 Å². The molecular weight excluding hydrogens is 407 g/mol. The molecule has 5 nitrogen and oxygen atoms in total. The Morgan fingerprint density at radius 3 is 2.38 bits per heavy atom. The molecule has 2 aromatic rings. The minimum Gasteiger partial charge on any atom is -0.487 e. The predicted molar refractivity (Wildman–Crippen MR) is 121 cm³/mol. The Labute approximate surface area is 189 Å². The van der Waals surface area contributed by atoms with E-state index in [1.54, 1.807) is 0 Å². The molecule has 2 aliphatic heterocycles. The van der Waals surface area contributed by atoms with Crippen LogP contribution in [0.3, 0.4) is 0 Å². The maximum absolute atomic E-state index is 13.2. The van der Waals surface area contributed by atoms with E-state index in [0.29, 0.717) is 51.0 Å². The van der Waals surface area contributed by atoms with Crippen molar-refractivity contribution in [1.82, 2.24) is 9.80 Å². The number of likely N-dealkylation sites (tertiary alicyclic amines) is 1. The summed E-state index contributed by atoms with van der Waals surface area (Å²) in [6, 6.07) is 13.7. The molecular formula is C26H31FN2O3. The Bertz CT molecular complexity index is 963. The third-order valence-electron chi connectivity index (χ3n) is 6.89. The number of halogens is 1. The molecule has 2 aromatic carbocycles. The van der Waals surface area contributed by atoms with E-state index in [1.165, 1.54) is 24.3 Å². The average molecular weight is 439 g/mol. The van der Waals surface area contributed by atoms with Crippen molar-refractivity contribution in [2.75, 3.05) is 26.2 Å². The molecule has 1 spiro atoms. The summed E-state index contributed by atoms with van der Waals surface area (Å²) in [5.74, 6) is 0.709. The second-order valence-corrected chi connectivity index (χ2v) is 8.79. The van der Waals surface area contributed by atoms with E-state index in [1.807, 2.05) is 41.8 Å². The zero-order valence-corrected chi connectivity index (χ0v) is 18.9. The van der Waals surface area contributed by atoms with Crippen molar-refractivity contribution >= 4 is 11.8 Å². The second-order valence-electron chi connectivity index (χ2n) is 8.79. The summed E-state index contributed by atoms with van der Waals surface area (Å²) >= 11 is 0. The fourth-order valence-corrected chi connectivity index (χ4v) is 5.04. The van der Waals surface area contributed by atoms with E-state index in [9.17, 15) is 14.0 Å². The third kappa shape index (κ3) is 4.50. The number of fused-ring (bicyclic) bond motifs is 1. The van der Waals surface area contributed by atoms with Crippen molar-refractivity contribution in [3.05, 3.63) is 65.5 Å². The Kier molecular flexibility index (Phi) is 6.49. The van der Waals surface area contributed by atoms with Crippen molar-refractivity contribution in [2.24, 2.45) is 0 Å². The number of rotatable bonds is 5. The number of nitrogens with zero attached hydrogens (tertiary/aromatic N) is 2. The van der Waals surface area contributed by atoms with Crippen molar-refractivity contribution in [3.63, 3.8) is 0 Å². The maximum atomic E-state index is 13.2. The van der Waals surface area contributed by atoms with Gasteiger partial charge in [0.25, 0.3) is 5.91 Å². The van der Waals surface area contributed by atoms with Gasteiger partial charge < -0.3 is 14.5 Å². The maximum Gasteiger partial charge on any atom is 0.253 e. The van der Waals surface area contributed by atoms with Crippen molar-refractivity contribution in [2.45, 2.75) is 51.0 Å². The van der Waals surface area contributed by atoms with E-state index in [0.717, 1.165) is 17.7 Å². The largest absolute Gasteiger partial charge is 0.487 e. The molecule has 1 fully saturated rings. The molecule has 0 bridgehead atoms. The van der Waals surface area contributed by atoms with Crippen LogP contribution in [-0.2, 0) is 4.79 Å². The topological polar surface area (TPSA) is 49.9 Å². The first-order chi connectivity index (χ1) is 15.4.